The molecule has 0 saturated carbocycles. The number of hydrogen-bond donors (Lipinski definition) is 3. The fourth-order valence-electron chi connectivity index (χ4n) is 3.06. The summed E-state index contributed by atoms with van der Waals surface area (Å²) in [6.45, 7) is -0.0487. The van der Waals surface area contributed by atoms with Gasteiger partial charge in [-0.15, -0.1) is 0 Å². The first-order valence-electron chi connectivity index (χ1n) is 7.63. The van der Waals surface area contributed by atoms with Crippen molar-refractivity contribution in [2.75, 3.05) is 6.54 Å². The molecule has 1 aliphatic heterocycles. The zero-order valence-electron chi connectivity index (χ0n) is 13.2. The quantitative estimate of drug-likeness (QED) is 0.556. The largest absolute Gasteiger partial charge is 0.370 e. The molecular formula is C15H21N5O4. The second-order valence-corrected chi connectivity index (χ2v) is 5.85. The summed E-state index contributed by atoms with van der Waals surface area (Å²) in [6, 6.07) is 2.07. The van der Waals surface area contributed by atoms with Crippen LogP contribution < -0.4 is 22.8 Å². The molecule has 0 bridgehead atoms. The lowest BCUT2D eigenvalue weighted by Crippen LogP contribution is -2.46. The highest BCUT2D eigenvalue weighted by Crippen LogP contribution is 2.27. The van der Waals surface area contributed by atoms with E-state index in [1.807, 2.05) is 0 Å². The van der Waals surface area contributed by atoms with E-state index in [0.717, 1.165) is 4.57 Å². The van der Waals surface area contributed by atoms with Gasteiger partial charge in [0.1, 0.15) is 6.54 Å². The Labute approximate surface area is 138 Å². The molecule has 1 aliphatic rings. The molecule has 1 fully saturated rings. The fraction of sp³-hybridized carbons (Fsp3) is 0.467. The van der Waals surface area contributed by atoms with Crippen LogP contribution in [0.1, 0.15) is 29.6 Å². The number of amides is 3. The van der Waals surface area contributed by atoms with Crippen LogP contribution in [-0.4, -0.2) is 45.8 Å². The third-order valence-corrected chi connectivity index (χ3v) is 4.12. The number of nitrogens with zero attached hydrogens (tertiary/aromatic N) is 2. The molecule has 0 radical (unpaired) electrons. The highest BCUT2D eigenvalue weighted by molar-refractivity contribution is 5.95. The third kappa shape index (κ3) is 3.80. The van der Waals surface area contributed by atoms with Crippen LogP contribution in [0.15, 0.2) is 23.1 Å². The molecule has 6 N–H and O–H groups in total. The Morgan fingerprint density at radius 1 is 1.08 bits per heavy atom. The maximum atomic E-state index is 12.8. The van der Waals surface area contributed by atoms with Crippen molar-refractivity contribution in [1.29, 1.82) is 0 Å². The topological polar surface area (TPSA) is 155 Å². The van der Waals surface area contributed by atoms with Gasteiger partial charge in [-0.3, -0.25) is 19.2 Å². The summed E-state index contributed by atoms with van der Waals surface area (Å²) in [6.07, 6.45) is 2.67. The summed E-state index contributed by atoms with van der Waals surface area (Å²) in [5.41, 5.74) is 15.9. The molecule has 2 atom stereocenters. The van der Waals surface area contributed by atoms with Crippen LogP contribution in [0, 0.1) is 0 Å². The first-order valence-corrected chi connectivity index (χ1v) is 7.63. The molecule has 9 nitrogen and oxygen atoms in total. The van der Waals surface area contributed by atoms with Crippen LogP contribution in [0.2, 0.25) is 0 Å². The molecule has 24 heavy (non-hydrogen) atoms. The van der Waals surface area contributed by atoms with Gasteiger partial charge in [-0.2, -0.15) is 0 Å². The Morgan fingerprint density at radius 3 is 2.33 bits per heavy atom. The summed E-state index contributed by atoms with van der Waals surface area (Å²) in [7, 11) is 0. The molecule has 130 valence electrons. The standard InChI is InChI=1S/C15H21N5O4/c16-6-11-3-2-10(5-12(17)21)20(11)15(24)9-1-4-14(23)19(7-9)8-13(18)22/h1,4,7,10-11H,2-3,5-6,8,16H2,(H2,17,21)(H2,18,22)/t10-,11+/m1/s1. The van der Waals surface area contributed by atoms with E-state index in [-0.39, 0.29) is 43.1 Å². The number of likely N-dealkylation sites (tertiary alicyclic amines) is 1. The smallest absolute Gasteiger partial charge is 0.255 e. The highest BCUT2D eigenvalue weighted by atomic mass is 16.2. The minimum atomic E-state index is -0.686. The van der Waals surface area contributed by atoms with Gasteiger partial charge in [0.25, 0.3) is 11.5 Å². The monoisotopic (exact) mass is 335 g/mol. The van der Waals surface area contributed by atoms with E-state index < -0.39 is 17.4 Å². The number of pyridine rings is 1. The number of carbonyl (C=O) groups excluding carboxylic acids is 3. The predicted octanol–water partition coefficient (Wildman–Crippen LogP) is -1.86. The normalized spacial score (nSPS) is 20.1. The first-order chi connectivity index (χ1) is 11.3. The van der Waals surface area contributed by atoms with Crippen LogP contribution in [0.25, 0.3) is 0 Å². The maximum absolute atomic E-state index is 12.8. The van der Waals surface area contributed by atoms with Gasteiger partial charge in [-0.05, 0) is 18.9 Å². The van der Waals surface area contributed by atoms with Crippen molar-refractivity contribution in [3.05, 3.63) is 34.2 Å². The van der Waals surface area contributed by atoms with Gasteiger partial charge in [0.05, 0.1) is 5.56 Å². The molecule has 9 heteroatoms. The molecule has 1 saturated heterocycles. The molecule has 1 aromatic heterocycles. The van der Waals surface area contributed by atoms with Gasteiger partial charge >= 0.3 is 0 Å². The van der Waals surface area contributed by atoms with Gasteiger partial charge in [-0.25, -0.2) is 0 Å². The molecular weight excluding hydrogens is 314 g/mol. The van der Waals surface area contributed by atoms with E-state index in [1.165, 1.54) is 18.3 Å². The van der Waals surface area contributed by atoms with Gasteiger partial charge in [-0.1, -0.05) is 0 Å². The number of hydrogen-bond acceptors (Lipinski definition) is 5. The van der Waals surface area contributed by atoms with E-state index in [1.54, 1.807) is 4.90 Å². The summed E-state index contributed by atoms with van der Waals surface area (Å²) in [5, 5.41) is 0. The minimum Gasteiger partial charge on any atom is -0.370 e. The Balaban J connectivity index is 2.32. The molecule has 1 aromatic rings. The average molecular weight is 335 g/mol. The molecule has 0 aliphatic carbocycles. The minimum absolute atomic E-state index is 0.0587. The van der Waals surface area contributed by atoms with E-state index in [0.29, 0.717) is 12.8 Å². The number of primary amides is 2. The van der Waals surface area contributed by atoms with E-state index in [9.17, 15) is 19.2 Å². The van der Waals surface area contributed by atoms with Crippen LogP contribution in [0.4, 0.5) is 0 Å². The zero-order valence-corrected chi connectivity index (χ0v) is 13.2. The molecule has 3 amide bonds. The number of aromatic nitrogens is 1. The zero-order chi connectivity index (χ0) is 17.9. The summed E-state index contributed by atoms with van der Waals surface area (Å²) in [4.78, 5) is 48.4. The Kier molecular flexibility index (Phi) is 5.35. The summed E-state index contributed by atoms with van der Waals surface area (Å²) in [5.74, 6) is -1.53. The van der Waals surface area contributed by atoms with Crippen molar-refractivity contribution < 1.29 is 14.4 Å². The lowest BCUT2D eigenvalue weighted by Gasteiger charge is -2.29. The van der Waals surface area contributed by atoms with E-state index >= 15 is 0 Å². The number of nitrogens with two attached hydrogens (primary N) is 3. The Bertz CT molecular complexity index is 714. The van der Waals surface area contributed by atoms with Gasteiger partial charge < -0.3 is 26.7 Å². The van der Waals surface area contributed by atoms with Gasteiger partial charge in [0.15, 0.2) is 0 Å². The van der Waals surface area contributed by atoms with Crippen molar-refractivity contribution in [2.45, 2.75) is 37.9 Å². The van der Waals surface area contributed by atoms with Crippen molar-refractivity contribution >= 4 is 17.7 Å². The third-order valence-electron chi connectivity index (χ3n) is 4.12. The van der Waals surface area contributed by atoms with Crippen LogP contribution in [-0.2, 0) is 16.1 Å². The van der Waals surface area contributed by atoms with E-state index in [2.05, 4.69) is 0 Å². The van der Waals surface area contributed by atoms with Gasteiger partial charge in [0, 0.05) is 37.3 Å². The predicted molar refractivity (Wildman–Crippen MR) is 85.7 cm³/mol. The summed E-state index contributed by atoms with van der Waals surface area (Å²) >= 11 is 0. The fourth-order valence-corrected chi connectivity index (χ4v) is 3.06. The van der Waals surface area contributed by atoms with Crippen molar-refractivity contribution in [2.24, 2.45) is 17.2 Å². The maximum Gasteiger partial charge on any atom is 0.255 e. The second-order valence-electron chi connectivity index (χ2n) is 5.85. The lowest BCUT2D eigenvalue weighted by molar-refractivity contribution is -0.119. The molecule has 0 aromatic carbocycles. The second kappa shape index (κ2) is 7.26. The molecule has 0 unspecified atom stereocenters. The Hall–Kier alpha value is -2.68. The van der Waals surface area contributed by atoms with Crippen LogP contribution >= 0.6 is 0 Å². The number of carbonyl (C=O) groups is 3. The molecule has 2 heterocycles. The molecule has 2 rings (SSSR count). The molecule has 0 spiro atoms. The van der Waals surface area contributed by atoms with E-state index in [4.69, 9.17) is 17.2 Å². The first kappa shape index (κ1) is 17.7. The summed E-state index contributed by atoms with van der Waals surface area (Å²) < 4.78 is 1.08. The van der Waals surface area contributed by atoms with Crippen molar-refractivity contribution in [3.63, 3.8) is 0 Å². The Morgan fingerprint density at radius 2 is 1.75 bits per heavy atom. The van der Waals surface area contributed by atoms with Crippen LogP contribution in [0.3, 0.4) is 0 Å². The van der Waals surface area contributed by atoms with Crippen LogP contribution in [0.5, 0.6) is 0 Å². The highest BCUT2D eigenvalue weighted by Gasteiger charge is 2.37. The van der Waals surface area contributed by atoms with Crippen molar-refractivity contribution in [1.82, 2.24) is 9.47 Å². The number of rotatable bonds is 6. The SMILES string of the molecule is NC[C@@H]1CC[C@H](CC(N)=O)N1C(=O)c1ccc(=O)n(CC(N)=O)c1. The lowest BCUT2D eigenvalue weighted by atomic mass is 10.1. The van der Waals surface area contributed by atoms with Crippen molar-refractivity contribution in [3.8, 4) is 0 Å². The van der Waals surface area contributed by atoms with Gasteiger partial charge in [0.2, 0.25) is 11.8 Å². The average Bonchev–Trinajstić information content (AvgIpc) is 2.90.